The van der Waals surface area contributed by atoms with Gasteiger partial charge in [-0.25, -0.2) is 4.79 Å². The lowest BCUT2D eigenvalue weighted by Gasteiger charge is -2.37. The van der Waals surface area contributed by atoms with E-state index in [1.165, 1.54) is 0 Å². The highest BCUT2D eigenvalue weighted by atomic mass is 35.5. The largest absolute Gasteiger partial charge is 0.353 e. The van der Waals surface area contributed by atoms with Gasteiger partial charge in [0, 0.05) is 48.3 Å². The molecule has 1 saturated carbocycles. The average molecular weight is 420 g/mol. The van der Waals surface area contributed by atoms with Gasteiger partial charge in [-0.15, -0.1) is 0 Å². The first kappa shape index (κ1) is 20.0. The lowest BCUT2D eigenvalue weighted by atomic mass is 10.0. The van der Waals surface area contributed by atoms with Crippen molar-refractivity contribution < 1.29 is 14.4 Å². The van der Waals surface area contributed by atoms with E-state index in [0.29, 0.717) is 49.1 Å². The second-order valence-electron chi connectivity index (χ2n) is 8.03. The highest BCUT2D eigenvalue weighted by Gasteiger charge is 2.43. The number of carbonyl (C=O) groups is 3. The zero-order valence-electron chi connectivity index (χ0n) is 16.1. The van der Waals surface area contributed by atoms with Crippen LogP contribution in [-0.2, 0) is 9.59 Å². The highest BCUT2D eigenvalue weighted by molar-refractivity contribution is 6.30. The number of benzene rings is 1. The zero-order valence-corrected chi connectivity index (χ0v) is 16.9. The van der Waals surface area contributed by atoms with Crippen molar-refractivity contribution in [3.8, 4) is 0 Å². The number of rotatable bonds is 6. The molecule has 1 aliphatic carbocycles. The molecule has 0 spiro atoms. The highest BCUT2D eigenvalue weighted by Crippen LogP contribution is 2.26. The summed E-state index contributed by atoms with van der Waals surface area (Å²) in [4.78, 5) is 38.8. The maximum atomic E-state index is 12.3. The summed E-state index contributed by atoms with van der Waals surface area (Å²) in [5, 5.41) is 12.2. The molecule has 9 heteroatoms. The Morgan fingerprint density at radius 3 is 2.79 bits per heavy atom. The zero-order chi connectivity index (χ0) is 20.4. The van der Waals surface area contributed by atoms with Gasteiger partial charge in [0.1, 0.15) is 0 Å². The summed E-state index contributed by atoms with van der Waals surface area (Å²) >= 11 is 5.95. The Balaban J connectivity index is 1.30. The van der Waals surface area contributed by atoms with Gasteiger partial charge in [-0.3, -0.25) is 14.5 Å². The fourth-order valence-electron chi connectivity index (χ4n) is 4.09. The fraction of sp³-hybridized carbons (Fsp3) is 0.550. The summed E-state index contributed by atoms with van der Waals surface area (Å²) in [6.07, 6.45) is 3.85. The molecule has 1 aromatic rings. The molecule has 3 fully saturated rings. The first-order chi connectivity index (χ1) is 14.0. The number of nitrogens with zero attached hydrogens (tertiary/aromatic N) is 1. The molecule has 156 valence electrons. The van der Waals surface area contributed by atoms with Crippen molar-refractivity contribution in [2.45, 2.75) is 56.3 Å². The molecule has 1 aromatic carbocycles. The number of fused-ring (bicyclic) bond motifs is 1. The Hall–Kier alpha value is -2.32. The van der Waals surface area contributed by atoms with E-state index in [0.717, 1.165) is 12.8 Å². The molecule has 2 heterocycles. The summed E-state index contributed by atoms with van der Waals surface area (Å²) in [7, 11) is 0. The normalized spacial score (nSPS) is 26.4. The van der Waals surface area contributed by atoms with Crippen LogP contribution in [0.15, 0.2) is 24.3 Å². The van der Waals surface area contributed by atoms with Crippen molar-refractivity contribution in [1.82, 2.24) is 20.9 Å². The van der Waals surface area contributed by atoms with Crippen molar-refractivity contribution in [3.63, 3.8) is 0 Å². The van der Waals surface area contributed by atoms with Crippen molar-refractivity contribution in [2.24, 2.45) is 0 Å². The predicted molar refractivity (Wildman–Crippen MR) is 110 cm³/mol. The van der Waals surface area contributed by atoms with Gasteiger partial charge in [0.15, 0.2) is 0 Å². The van der Waals surface area contributed by atoms with Crippen LogP contribution in [0, 0.1) is 0 Å². The number of halogens is 1. The molecule has 4 N–H and O–H groups in total. The summed E-state index contributed by atoms with van der Waals surface area (Å²) in [5.41, 5.74) is 0.614. The SMILES string of the molecule is O=C(CCC1CNC(=O)C2CC(NC(=O)Nc3cccc(Cl)c3)CN12)NC1CC1. The number of piperazine rings is 1. The van der Waals surface area contributed by atoms with Gasteiger partial charge in [0.05, 0.1) is 6.04 Å². The quantitative estimate of drug-likeness (QED) is 0.560. The van der Waals surface area contributed by atoms with Gasteiger partial charge >= 0.3 is 6.03 Å². The first-order valence-corrected chi connectivity index (χ1v) is 10.5. The molecule has 29 heavy (non-hydrogen) atoms. The number of nitrogens with one attached hydrogen (secondary N) is 4. The molecule has 0 bridgehead atoms. The lowest BCUT2D eigenvalue weighted by molar-refractivity contribution is -0.129. The van der Waals surface area contributed by atoms with Crippen LogP contribution in [0.5, 0.6) is 0 Å². The van der Waals surface area contributed by atoms with Crippen LogP contribution in [0.3, 0.4) is 0 Å². The molecule has 0 radical (unpaired) electrons. The standard InChI is InChI=1S/C20H26ClN5O3/c21-12-2-1-3-14(8-12)24-20(29)25-15-9-17-19(28)22-10-16(26(17)11-15)6-7-18(27)23-13-4-5-13/h1-3,8,13,15-17H,4-7,9-11H2,(H,22,28)(H,23,27)(H2,24,25,29). The van der Waals surface area contributed by atoms with Crippen LogP contribution in [0.4, 0.5) is 10.5 Å². The number of hydrogen-bond donors (Lipinski definition) is 4. The summed E-state index contributed by atoms with van der Waals surface area (Å²) in [6, 6.07) is 6.69. The molecule has 3 aliphatic rings. The van der Waals surface area contributed by atoms with Crippen LogP contribution >= 0.6 is 11.6 Å². The minimum Gasteiger partial charge on any atom is -0.353 e. The first-order valence-electron chi connectivity index (χ1n) is 10.1. The van der Waals surface area contributed by atoms with E-state index in [9.17, 15) is 14.4 Å². The Kier molecular flexibility index (Phi) is 5.91. The number of hydrogen-bond acceptors (Lipinski definition) is 4. The van der Waals surface area contributed by atoms with Crippen LogP contribution in [0.1, 0.15) is 32.1 Å². The van der Waals surface area contributed by atoms with Gasteiger partial charge in [-0.1, -0.05) is 17.7 Å². The third-order valence-corrected chi connectivity index (χ3v) is 5.92. The molecular weight excluding hydrogens is 394 g/mol. The van der Waals surface area contributed by atoms with Crippen molar-refractivity contribution in [1.29, 1.82) is 0 Å². The summed E-state index contributed by atoms with van der Waals surface area (Å²) < 4.78 is 0. The van der Waals surface area contributed by atoms with Gasteiger partial charge < -0.3 is 21.3 Å². The van der Waals surface area contributed by atoms with E-state index in [1.807, 2.05) is 0 Å². The Labute approximate surface area is 174 Å². The summed E-state index contributed by atoms with van der Waals surface area (Å²) in [6.45, 7) is 1.13. The molecule has 3 unspecified atom stereocenters. The molecule has 4 amide bonds. The van der Waals surface area contributed by atoms with Crippen molar-refractivity contribution in [2.75, 3.05) is 18.4 Å². The van der Waals surface area contributed by atoms with Crippen LogP contribution in [0.2, 0.25) is 5.02 Å². The number of anilines is 1. The van der Waals surface area contributed by atoms with E-state index in [4.69, 9.17) is 11.6 Å². The number of carbonyl (C=O) groups excluding carboxylic acids is 3. The Morgan fingerprint density at radius 1 is 1.21 bits per heavy atom. The monoisotopic (exact) mass is 419 g/mol. The Morgan fingerprint density at radius 2 is 2.03 bits per heavy atom. The van der Waals surface area contributed by atoms with E-state index in [2.05, 4.69) is 26.2 Å². The van der Waals surface area contributed by atoms with Gasteiger partial charge in [-0.05, 0) is 43.9 Å². The minimum atomic E-state index is -0.321. The maximum absolute atomic E-state index is 12.3. The second-order valence-corrected chi connectivity index (χ2v) is 8.47. The van der Waals surface area contributed by atoms with Gasteiger partial charge in [0.25, 0.3) is 0 Å². The molecule has 3 atom stereocenters. The predicted octanol–water partition coefficient (Wildman–Crippen LogP) is 1.46. The van der Waals surface area contributed by atoms with Crippen molar-refractivity contribution >= 4 is 35.1 Å². The number of urea groups is 1. The Bertz CT molecular complexity index is 800. The molecule has 2 aliphatic heterocycles. The molecule has 0 aromatic heterocycles. The third kappa shape index (κ3) is 5.19. The summed E-state index contributed by atoms with van der Waals surface area (Å²) in [5.74, 6) is 0.0685. The van der Waals surface area contributed by atoms with Gasteiger partial charge in [-0.2, -0.15) is 0 Å². The van der Waals surface area contributed by atoms with E-state index in [-0.39, 0.29) is 36.0 Å². The fourth-order valence-corrected chi connectivity index (χ4v) is 4.28. The van der Waals surface area contributed by atoms with E-state index in [1.54, 1.807) is 24.3 Å². The smallest absolute Gasteiger partial charge is 0.319 e. The second kappa shape index (κ2) is 8.59. The lowest BCUT2D eigenvalue weighted by Crippen LogP contribution is -2.58. The number of amides is 4. The van der Waals surface area contributed by atoms with Crippen molar-refractivity contribution in [3.05, 3.63) is 29.3 Å². The molecule has 8 nitrogen and oxygen atoms in total. The third-order valence-electron chi connectivity index (χ3n) is 5.69. The molecule has 2 saturated heterocycles. The molecule has 4 rings (SSSR count). The average Bonchev–Trinajstić information content (AvgIpc) is 3.37. The van der Waals surface area contributed by atoms with Gasteiger partial charge in [0.2, 0.25) is 11.8 Å². The maximum Gasteiger partial charge on any atom is 0.319 e. The van der Waals surface area contributed by atoms with Crippen LogP contribution < -0.4 is 21.3 Å². The van der Waals surface area contributed by atoms with E-state index >= 15 is 0 Å². The molecular formula is C20H26ClN5O3. The van der Waals surface area contributed by atoms with Crippen LogP contribution in [-0.4, -0.2) is 60.0 Å². The topological polar surface area (TPSA) is 103 Å². The van der Waals surface area contributed by atoms with E-state index < -0.39 is 0 Å². The minimum absolute atomic E-state index is 0.0109. The van der Waals surface area contributed by atoms with Crippen LogP contribution in [0.25, 0.3) is 0 Å².